The molecular weight excluding hydrogens is 324 g/mol. The predicted molar refractivity (Wildman–Crippen MR) is 95.7 cm³/mol. The maximum atomic E-state index is 12.4. The SMILES string of the molecule is CN(C1CCN(c2nc3ccccc3n2C)CC1)S(=O)(=O)C1CC1. The molecule has 2 heterocycles. The quantitative estimate of drug-likeness (QED) is 0.848. The highest BCUT2D eigenvalue weighted by Gasteiger charge is 2.41. The first kappa shape index (κ1) is 15.9. The third-order valence-electron chi connectivity index (χ3n) is 5.37. The molecule has 0 amide bonds. The Labute approximate surface area is 143 Å². The normalized spacial score (nSPS) is 20.2. The molecule has 7 heteroatoms. The fraction of sp³-hybridized carbons (Fsp3) is 0.588. The van der Waals surface area contributed by atoms with E-state index in [1.807, 2.05) is 25.2 Å². The fourth-order valence-electron chi connectivity index (χ4n) is 3.65. The lowest BCUT2D eigenvalue weighted by atomic mass is 10.1. The van der Waals surface area contributed by atoms with Gasteiger partial charge in [0.15, 0.2) is 0 Å². The molecule has 1 aliphatic heterocycles. The van der Waals surface area contributed by atoms with Gasteiger partial charge in [-0.3, -0.25) is 0 Å². The average molecular weight is 348 g/mol. The number of aromatic nitrogens is 2. The first-order chi connectivity index (χ1) is 11.5. The summed E-state index contributed by atoms with van der Waals surface area (Å²) in [5.41, 5.74) is 2.13. The summed E-state index contributed by atoms with van der Waals surface area (Å²) < 4.78 is 28.6. The lowest BCUT2D eigenvalue weighted by molar-refractivity contribution is 0.310. The van der Waals surface area contributed by atoms with Gasteiger partial charge in [-0.25, -0.2) is 17.7 Å². The molecule has 1 saturated carbocycles. The smallest absolute Gasteiger partial charge is 0.216 e. The highest BCUT2D eigenvalue weighted by Crippen LogP contribution is 2.33. The van der Waals surface area contributed by atoms with Gasteiger partial charge in [0.1, 0.15) is 0 Å². The highest BCUT2D eigenvalue weighted by atomic mass is 32.2. The molecule has 24 heavy (non-hydrogen) atoms. The van der Waals surface area contributed by atoms with Gasteiger partial charge in [-0.05, 0) is 37.8 Å². The van der Waals surface area contributed by atoms with Crippen LogP contribution in [0.2, 0.25) is 0 Å². The summed E-state index contributed by atoms with van der Waals surface area (Å²) in [6.07, 6.45) is 3.36. The van der Waals surface area contributed by atoms with Crippen molar-refractivity contribution < 1.29 is 8.42 Å². The number of fused-ring (bicyclic) bond motifs is 1. The van der Waals surface area contributed by atoms with Crippen LogP contribution in [0.25, 0.3) is 11.0 Å². The Balaban J connectivity index is 1.48. The van der Waals surface area contributed by atoms with Crippen LogP contribution < -0.4 is 4.90 Å². The number of anilines is 1. The molecule has 2 fully saturated rings. The van der Waals surface area contributed by atoms with E-state index >= 15 is 0 Å². The zero-order chi connectivity index (χ0) is 16.9. The van der Waals surface area contributed by atoms with Gasteiger partial charge >= 0.3 is 0 Å². The van der Waals surface area contributed by atoms with E-state index in [0.29, 0.717) is 0 Å². The first-order valence-corrected chi connectivity index (χ1v) is 10.1. The summed E-state index contributed by atoms with van der Waals surface area (Å²) >= 11 is 0. The Hall–Kier alpha value is -1.60. The molecule has 1 aromatic heterocycles. The number of sulfonamides is 1. The van der Waals surface area contributed by atoms with Crippen LogP contribution in [0.3, 0.4) is 0 Å². The van der Waals surface area contributed by atoms with Gasteiger partial charge in [0.2, 0.25) is 16.0 Å². The number of piperidine rings is 1. The average Bonchev–Trinajstić information content (AvgIpc) is 3.40. The van der Waals surface area contributed by atoms with Crippen molar-refractivity contribution >= 4 is 27.0 Å². The maximum Gasteiger partial charge on any atom is 0.216 e. The Bertz CT molecular complexity index is 849. The minimum atomic E-state index is -3.08. The molecule has 130 valence electrons. The second-order valence-electron chi connectivity index (χ2n) is 6.94. The molecule has 1 saturated heterocycles. The molecular formula is C17H24N4O2S. The minimum absolute atomic E-state index is 0.113. The summed E-state index contributed by atoms with van der Waals surface area (Å²) in [5.74, 6) is 0.974. The largest absolute Gasteiger partial charge is 0.342 e. The van der Waals surface area contributed by atoms with Gasteiger partial charge in [-0.1, -0.05) is 12.1 Å². The molecule has 1 aromatic carbocycles. The van der Waals surface area contributed by atoms with Gasteiger partial charge in [0.25, 0.3) is 0 Å². The van der Waals surface area contributed by atoms with Crippen LogP contribution in [0, 0.1) is 0 Å². The highest BCUT2D eigenvalue weighted by molar-refractivity contribution is 7.90. The van der Waals surface area contributed by atoms with Crippen LogP contribution in [0.5, 0.6) is 0 Å². The van der Waals surface area contributed by atoms with Gasteiger partial charge in [0, 0.05) is 33.2 Å². The summed E-state index contributed by atoms with van der Waals surface area (Å²) in [6.45, 7) is 1.68. The van der Waals surface area contributed by atoms with Crippen molar-refractivity contribution in [1.82, 2.24) is 13.9 Å². The van der Waals surface area contributed by atoms with E-state index in [-0.39, 0.29) is 11.3 Å². The number of rotatable bonds is 4. The van der Waals surface area contributed by atoms with Crippen molar-refractivity contribution in [2.75, 3.05) is 25.0 Å². The molecule has 2 aromatic rings. The van der Waals surface area contributed by atoms with Gasteiger partial charge in [-0.2, -0.15) is 0 Å². The molecule has 1 aliphatic carbocycles. The van der Waals surface area contributed by atoms with E-state index in [4.69, 9.17) is 4.98 Å². The van der Waals surface area contributed by atoms with Crippen LogP contribution in [0.4, 0.5) is 5.95 Å². The van der Waals surface area contributed by atoms with Crippen LogP contribution >= 0.6 is 0 Å². The van der Waals surface area contributed by atoms with Crippen LogP contribution in [0.15, 0.2) is 24.3 Å². The topological polar surface area (TPSA) is 58.4 Å². The zero-order valence-corrected chi connectivity index (χ0v) is 15.0. The molecule has 0 bridgehead atoms. The van der Waals surface area contributed by atoms with E-state index in [9.17, 15) is 8.42 Å². The zero-order valence-electron chi connectivity index (χ0n) is 14.2. The Morgan fingerprint density at radius 2 is 1.79 bits per heavy atom. The second-order valence-corrected chi connectivity index (χ2v) is 9.21. The Morgan fingerprint density at radius 3 is 2.42 bits per heavy atom. The minimum Gasteiger partial charge on any atom is -0.342 e. The van der Waals surface area contributed by atoms with E-state index in [2.05, 4.69) is 15.5 Å². The van der Waals surface area contributed by atoms with E-state index in [0.717, 1.165) is 55.8 Å². The number of para-hydroxylation sites is 2. The number of imidazole rings is 1. The first-order valence-electron chi connectivity index (χ1n) is 8.62. The standard InChI is InChI=1S/C17H24N4O2S/c1-19-16-6-4-3-5-15(16)18-17(19)21-11-9-13(10-12-21)20(2)24(22,23)14-7-8-14/h3-6,13-14H,7-12H2,1-2H3. The number of hydrogen-bond acceptors (Lipinski definition) is 4. The fourth-order valence-corrected chi connectivity index (χ4v) is 5.48. The van der Waals surface area contributed by atoms with Crippen LogP contribution in [-0.2, 0) is 17.1 Å². The lowest BCUT2D eigenvalue weighted by Gasteiger charge is -2.36. The summed E-state index contributed by atoms with van der Waals surface area (Å²) in [6, 6.07) is 8.25. The third-order valence-corrected chi connectivity index (χ3v) is 7.79. The molecule has 4 rings (SSSR count). The lowest BCUT2D eigenvalue weighted by Crippen LogP contribution is -2.47. The second kappa shape index (κ2) is 5.74. The van der Waals surface area contributed by atoms with Crippen molar-refractivity contribution in [3.63, 3.8) is 0 Å². The van der Waals surface area contributed by atoms with Gasteiger partial charge < -0.3 is 9.47 Å². The number of hydrogen-bond donors (Lipinski definition) is 0. The third kappa shape index (κ3) is 2.59. The summed E-state index contributed by atoms with van der Waals surface area (Å²) in [4.78, 5) is 7.02. The van der Waals surface area contributed by atoms with Gasteiger partial charge in [-0.15, -0.1) is 0 Å². The Morgan fingerprint density at radius 1 is 1.12 bits per heavy atom. The van der Waals surface area contributed by atoms with Crippen molar-refractivity contribution in [3.8, 4) is 0 Å². The molecule has 0 N–H and O–H groups in total. The van der Waals surface area contributed by atoms with Crippen molar-refractivity contribution in [2.45, 2.75) is 37.0 Å². The summed E-state index contributed by atoms with van der Waals surface area (Å²) in [7, 11) is 0.713. The van der Waals surface area contributed by atoms with Crippen molar-refractivity contribution in [2.24, 2.45) is 7.05 Å². The van der Waals surface area contributed by atoms with Gasteiger partial charge in [0.05, 0.1) is 16.3 Å². The predicted octanol–water partition coefficient (Wildman–Crippen LogP) is 1.97. The number of benzene rings is 1. The van der Waals surface area contributed by atoms with Crippen LogP contribution in [0.1, 0.15) is 25.7 Å². The Kier molecular flexibility index (Phi) is 3.80. The molecule has 0 spiro atoms. The number of nitrogens with zero attached hydrogens (tertiary/aromatic N) is 4. The number of aryl methyl sites for hydroxylation is 1. The molecule has 0 unspecified atom stereocenters. The molecule has 6 nitrogen and oxygen atoms in total. The molecule has 2 aliphatic rings. The van der Waals surface area contributed by atoms with E-state index in [1.165, 1.54) is 0 Å². The monoisotopic (exact) mass is 348 g/mol. The summed E-state index contributed by atoms with van der Waals surface area (Å²) in [5, 5.41) is -0.125. The molecule has 0 radical (unpaired) electrons. The van der Waals surface area contributed by atoms with Crippen LogP contribution in [-0.4, -0.2) is 53.7 Å². The van der Waals surface area contributed by atoms with E-state index in [1.54, 1.807) is 11.4 Å². The van der Waals surface area contributed by atoms with Crippen molar-refractivity contribution in [1.29, 1.82) is 0 Å². The van der Waals surface area contributed by atoms with Crippen molar-refractivity contribution in [3.05, 3.63) is 24.3 Å². The van der Waals surface area contributed by atoms with E-state index < -0.39 is 10.0 Å². The molecule has 0 atom stereocenters. The maximum absolute atomic E-state index is 12.4.